The van der Waals surface area contributed by atoms with Crippen LogP contribution in [0, 0.1) is 12.7 Å². The summed E-state index contributed by atoms with van der Waals surface area (Å²) in [5.74, 6) is -0.379. The van der Waals surface area contributed by atoms with Gasteiger partial charge in [0.05, 0.1) is 0 Å². The zero-order valence-electron chi connectivity index (χ0n) is 12.0. The summed E-state index contributed by atoms with van der Waals surface area (Å²) < 4.78 is 18.0. The van der Waals surface area contributed by atoms with Gasteiger partial charge in [0.2, 0.25) is 0 Å². The predicted molar refractivity (Wildman–Crippen MR) is 88.1 cm³/mol. The van der Waals surface area contributed by atoms with E-state index in [-0.39, 0.29) is 5.82 Å². The molecular weight excluding hydrogens is 444 g/mol. The van der Waals surface area contributed by atoms with Crippen LogP contribution in [0.2, 0.25) is 0 Å². The second-order valence-corrected chi connectivity index (χ2v) is 4.86. The van der Waals surface area contributed by atoms with Crippen molar-refractivity contribution in [2.75, 3.05) is 5.32 Å². The average molecular weight is 463 g/mol. The molecule has 3 nitrogen and oxygen atoms in total. The first-order valence-corrected chi connectivity index (χ1v) is 9.30. The first kappa shape index (κ1) is 22.3. The van der Waals surface area contributed by atoms with Crippen LogP contribution >= 0.6 is 20.3 Å². The molecule has 1 aromatic rings. The van der Waals surface area contributed by atoms with Gasteiger partial charge in [-0.1, -0.05) is 19.9 Å². The SMILES string of the molecule is CC.Cc1ccc(NC(=O)OC(C)(C)[S-])cc1F.[Cu+][I]. The number of amides is 1. The Morgan fingerprint density at radius 1 is 1.40 bits per heavy atom. The van der Waals surface area contributed by atoms with Crippen LogP contribution in [-0.4, -0.2) is 11.0 Å². The number of halogens is 2. The normalized spacial score (nSPS) is 9.50. The Bertz CT molecular complexity index is 414. The number of benzene rings is 1. The zero-order chi connectivity index (χ0) is 16.3. The van der Waals surface area contributed by atoms with E-state index in [1.807, 2.05) is 13.8 Å². The summed E-state index contributed by atoms with van der Waals surface area (Å²) in [7, 11) is 0. The number of anilines is 1. The molecule has 1 aromatic carbocycles. The average Bonchev–Trinajstić information content (AvgIpc) is 2.36. The number of carbonyl (C=O) groups is 1. The second kappa shape index (κ2) is 11.7. The molecule has 0 aromatic heterocycles. The number of carbonyl (C=O) groups excluding carboxylic acids is 1. The van der Waals surface area contributed by atoms with E-state index < -0.39 is 11.0 Å². The molecule has 0 atom stereocenters. The van der Waals surface area contributed by atoms with Crippen molar-refractivity contribution in [3.05, 3.63) is 29.6 Å². The quantitative estimate of drug-likeness (QED) is 0.387. The van der Waals surface area contributed by atoms with Crippen LogP contribution in [0.3, 0.4) is 0 Å². The van der Waals surface area contributed by atoms with Gasteiger partial charge in [0, 0.05) is 5.69 Å². The minimum atomic E-state index is -0.979. The maximum atomic E-state index is 13.2. The van der Waals surface area contributed by atoms with Gasteiger partial charge in [-0.15, -0.1) is 0 Å². The molecular formula is C13H19CuFINO2S. The molecule has 0 aliphatic heterocycles. The number of ether oxygens (including phenoxy) is 1. The fraction of sp³-hybridized carbons (Fsp3) is 0.462. The molecule has 1 rings (SSSR count). The Balaban J connectivity index is 0. The summed E-state index contributed by atoms with van der Waals surface area (Å²) in [6.07, 6.45) is -0.691. The Hall–Kier alpha value is 0.0195. The topological polar surface area (TPSA) is 38.3 Å². The van der Waals surface area contributed by atoms with E-state index in [1.54, 1.807) is 53.2 Å². The summed E-state index contributed by atoms with van der Waals surface area (Å²) in [5, 5.41) is 2.40. The first-order valence-electron chi connectivity index (χ1n) is 5.86. The molecule has 1 N–H and O–H groups in total. The van der Waals surface area contributed by atoms with Crippen molar-refractivity contribution in [2.24, 2.45) is 0 Å². The third kappa shape index (κ3) is 10.8. The van der Waals surface area contributed by atoms with Crippen molar-refractivity contribution in [1.82, 2.24) is 0 Å². The summed E-state index contributed by atoms with van der Waals surface area (Å²) in [4.78, 5) is 10.3. The number of nitrogens with one attached hydrogen (secondary N) is 1. The monoisotopic (exact) mass is 462 g/mol. The number of aryl methyl sites for hydroxylation is 1. The maximum absolute atomic E-state index is 13.2. The van der Waals surface area contributed by atoms with Crippen molar-refractivity contribution in [3.63, 3.8) is 0 Å². The number of hydrogen-bond acceptors (Lipinski definition) is 3. The van der Waals surface area contributed by atoms with Gasteiger partial charge in [0.1, 0.15) is 5.82 Å². The number of rotatable bonds is 2. The van der Waals surface area contributed by atoms with Crippen molar-refractivity contribution in [1.29, 1.82) is 0 Å². The summed E-state index contributed by atoms with van der Waals surface area (Å²) in [5.41, 5.74) is 0.856. The molecule has 0 bridgehead atoms. The first-order chi connectivity index (χ1) is 9.28. The third-order valence-corrected chi connectivity index (χ3v) is 1.84. The van der Waals surface area contributed by atoms with E-state index in [9.17, 15) is 9.18 Å². The Morgan fingerprint density at radius 2 is 1.90 bits per heavy atom. The predicted octanol–water partition coefficient (Wildman–Crippen LogP) is 4.88. The van der Waals surface area contributed by atoms with E-state index >= 15 is 0 Å². The third-order valence-electron chi connectivity index (χ3n) is 1.76. The zero-order valence-corrected chi connectivity index (χ0v) is 15.9. The molecule has 0 saturated carbocycles. The molecule has 0 aliphatic carbocycles. The fourth-order valence-electron chi connectivity index (χ4n) is 1.04. The van der Waals surface area contributed by atoms with E-state index in [0.717, 1.165) is 0 Å². The second-order valence-electron chi connectivity index (χ2n) is 3.88. The van der Waals surface area contributed by atoms with Crippen molar-refractivity contribution in [2.45, 2.75) is 39.6 Å². The van der Waals surface area contributed by atoms with Gasteiger partial charge in [0.15, 0.2) is 0 Å². The molecule has 0 spiro atoms. The van der Waals surface area contributed by atoms with Gasteiger partial charge in [-0.05, 0) is 43.4 Å². The van der Waals surface area contributed by atoms with E-state index in [0.29, 0.717) is 11.3 Å². The Labute approximate surface area is 145 Å². The van der Waals surface area contributed by atoms with Gasteiger partial charge in [-0.2, -0.15) is 0 Å². The van der Waals surface area contributed by atoms with Gasteiger partial charge in [0.25, 0.3) is 0 Å². The van der Waals surface area contributed by atoms with Crippen molar-refractivity contribution < 1.29 is 26.7 Å². The van der Waals surface area contributed by atoms with Crippen LogP contribution in [0.4, 0.5) is 14.9 Å². The fourth-order valence-corrected chi connectivity index (χ4v) is 1.11. The summed E-state index contributed by atoms with van der Waals surface area (Å²) in [6.45, 7) is 8.80. The van der Waals surface area contributed by atoms with Crippen LogP contribution in [0.1, 0.15) is 33.3 Å². The molecule has 0 aliphatic rings. The minimum absolute atomic E-state index is 0.340. The van der Waals surface area contributed by atoms with E-state index in [2.05, 4.69) is 18.1 Å². The summed E-state index contributed by atoms with van der Waals surface area (Å²) >= 11 is 10.7. The molecule has 7 heteroatoms. The van der Waals surface area contributed by atoms with Crippen LogP contribution in [-0.2, 0) is 30.1 Å². The van der Waals surface area contributed by atoms with E-state index in [1.165, 1.54) is 6.07 Å². The van der Waals surface area contributed by atoms with Gasteiger partial charge >= 0.3 is 39.2 Å². The Kier molecular flexibility index (Phi) is 13.0. The van der Waals surface area contributed by atoms with Gasteiger partial charge < -0.3 is 17.4 Å². The molecule has 20 heavy (non-hydrogen) atoms. The molecule has 0 saturated heterocycles. The van der Waals surface area contributed by atoms with Crippen LogP contribution in [0.5, 0.6) is 0 Å². The number of hydrogen-bond donors (Lipinski definition) is 1. The van der Waals surface area contributed by atoms with Crippen molar-refractivity contribution >= 4 is 44.8 Å². The van der Waals surface area contributed by atoms with Crippen LogP contribution in [0.15, 0.2) is 18.2 Å². The molecule has 1 amide bonds. The molecule has 0 unspecified atom stereocenters. The molecule has 0 fully saturated rings. The van der Waals surface area contributed by atoms with Gasteiger partial charge in [-0.25, -0.2) is 9.18 Å². The van der Waals surface area contributed by atoms with Crippen LogP contribution < -0.4 is 5.32 Å². The molecule has 119 valence electrons. The Morgan fingerprint density at radius 3 is 2.30 bits per heavy atom. The van der Waals surface area contributed by atoms with Crippen molar-refractivity contribution in [3.8, 4) is 0 Å². The van der Waals surface area contributed by atoms with Crippen LogP contribution in [0.25, 0.3) is 0 Å². The molecule has 0 heterocycles. The molecule has 0 radical (unpaired) electrons. The summed E-state index contributed by atoms with van der Waals surface area (Å²) in [6, 6.07) is 4.40. The standard InChI is InChI=1S/C11H14FNO2S.C2H6.Cu.HI/c1-7-4-5-8(6-9(7)12)13-10(14)15-11(2,3)16;1-2;;/h4-6,16H,1-3H3,(H,13,14);1-2H3;;1H/q;;+2;/p-2. The van der Waals surface area contributed by atoms with E-state index in [4.69, 9.17) is 17.4 Å². The van der Waals surface area contributed by atoms with Gasteiger partial charge in [-0.3, -0.25) is 5.32 Å².